The van der Waals surface area contributed by atoms with E-state index in [0.717, 1.165) is 24.1 Å². The predicted molar refractivity (Wildman–Crippen MR) is 72.9 cm³/mol. The summed E-state index contributed by atoms with van der Waals surface area (Å²) in [6.07, 6.45) is 1.20. The van der Waals surface area contributed by atoms with Gasteiger partial charge in [0.1, 0.15) is 19.7 Å². The Balaban J connectivity index is 0.00000324. The Morgan fingerprint density at radius 1 is 1.37 bits per heavy atom. The summed E-state index contributed by atoms with van der Waals surface area (Å²) in [7, 11) is 2.18. The normalized spacial score (nSPS) is 12.9. The molecule has 0 amide bonds. The number of ether oxygens (including phenoxy) is 1. The maximum atomic E-state index is 11.0. The highest BCUT2D eigenvalue weighted by Gasteiger charge is 2.20. The van der Waals surface area contributed by atoms with Gasteiger partial charge < -0.3 is 33.2 Å². The summed E-state index contributed by atoms with van der Waals surface area (Å²) in [4.78, 5) is 11.0. The van der Waals surface area contributed by atoms with E-state index >= 15 is 0 Å². The van der Waals surface area contributed by atoms with Crippen LogP contribution >= 0.6 is 0 Å². The molecule has 0 radical (unpaired) electrons. The zero-order valence-corrected chi connectivity index (χ0v) is 13.8. The van der Waals surface area contributed by atoms with Crippen molar-refractivity contribution in [2.24, 2.45) is 0 Å². The Hall–Kier alpha value is -0.880. The van der Waals surface area contributed by atoms with Gasteiger partial charge in [0.2, 0.25) is 0 Å². The van der Waals surface area contributed by atoms with E-state index in [1.165, 1.54) is 11.6 Å². The lowest BCUT2D eigenvalue weighted by molar-refractivity contribution is -0.921. The fraction of sp³-hybridized carbons (Fsp3) is 0.400. The van der Waals surface area contributed by atoms with Crippen molar-refractivity contribution in [2.75, 3.05) is 26.7 Å². The first-order chi connectivity index (χ1) is 8.59. The molecule has 0 spiro atoms. The van der Waals surface area contributed by atoms with E-state index < -0.39 is 0 Å². The molecule has 1 atom stereocenters. The fourth-order valence-corrected chi connectivity index (χ4v) is 1.80. The molecule has 1 rings (SSSR count). The summed E-state index contributed by atoms with van der Waals surface area (Å²) in [5.74, 6) is -0.350. The second-order valence-corrected chi connectivity index (χ2v) is 4.67. The zero-order valence-electron chi connectivity index (χ0n) is 11.6. The number of carbonyl (C=O) groups excluding carboxylic acids is 1. The van der Waals surface area contributed by atoms with Crippen molar-refractivity contribution in [1.82, 2.24) is 0 Å². The number of esters is 1. The van der Waals surface area contributed by atoms with Crippen molar-refractivity contribution < 1.29 is 38.0 Å². The molecule has 0 saturated carbocycles. The lowest BCUT2D eigenvalue weighted by atomic mass is 10.2. The first-order valence-corrected chi connectivity index (χ1v) is 6.26. The van der Waals surface area contributed by atoms with Crippen LogP contribution in [-0.2, 0) is 16.1 Å². The van der Waals surface area contributed by atoms with Crippen LogP contribution in [0, 0.1) is 0 Å². The lowest BCUT2D eigenvalue weighted by Gasteiger charge is -2.33. The number of rotatable bonds is 7. The van der Waals surface area contributed by atoms with E-state index in [0.29, 0.717) is 6.61 Å². The van der Waals surface area contributed by atoms with Gasteiger partial charge in [-0.15, -0.1) is 0 Å². The minimum absolute atomic E-state index is 0. The average Bonchev–Trinajstić information content (AvgIpc) is 2.39. The van der Waals surface area contributed by atoms with Crippen molar-refractivity contribution in [3.8, 4) is 0 Å². The number of likely N-dealkylation sites (N-methyl/N-ethyl adjacent to an activating group) is 1. The summed E-state index contributed by atoms with van der Waals surface area (Å²) in [5, 5.41) is 0. The number of quaternary nitrogens is 1. The molecule has 1 aromatic carbocycles. The third kappa shape index (κ3) is 6.73. The molecule has 19 heavy (non-hydrogen) atoms. The Morgan fingerprint density at radius 2 is 2.00 bits per heavy atom. The fourth-order valence-electron chi connectivity index (χ4n) is 1.80. The monoisotopic (exact) mass is 375 g/mol. The number of carbonyl (C=O) groups is 1. The van der Waals surface area contributed by atoms with E-state index in [1.807, 2.05) is 18.2 Å². The minimum atomic E-state index is -0.350. The van der Waals surface area contributed by atoms with Gasteiger partial charge in [0.05, 0.1) is 13.6 Å². The van der Waals surface area contributed by atoms with Crippen LogP contribution in [0.2, 0.25) is 0 Å². The minimum Gasteiger partial charge on any atom is -1.00 e. The molecule has 0 saturated heterocycles. The van der Waals surface area contributed by atoms with E-state index in [2.05, 4.69) is 32.7 Å². The molecule has 106 valence electrons. The third-order valence-electron chi connectivity index (χ3n) is 3.21. The van der Waals surface area contributed by atoms with Crippen molar-refractivity contribution in [3.05, 3.63) is 48.6 Å². The van der Waals surface area contributed by atoms with Gasteiger partial charge in [-0.25, -0.2) is 4.79 Å². The van der Waals surface area contributed by atoms with Crippen LogP contribution in [0.15, 0.2) is 43.0 Å². The summed E-state index contributed by atoms with van der Waals surface area (Å²) >= 11 is 0. The highest BCUT2D eigenvalue weighted by Crippen LogP contribution is 2.11. The van der Waals surface area contributed by atoms with Crippen LogP contribution < -0.4 is 24.0 Å². The highest BCUT2D eigenvalue weighted by molar-refractivity contribution is 5.81. The largest absolute Gasteiger partial charge is 1.00 e. The molecule has 4 heteroatoms. The highest BCUT2D eigenvalue weighted by atomic mass is 127. The van der Waals surface area contributed by atoms with Gasteiger partial charge in [0, 0.05) is 11.6 Å². The Bertz CT molecular complexity index is 394. The van der Waals surface area contributed by atoms with Gasteiger partial charge in [-0.3, -0.25) is 0 Å². The molecular formula is C15H22INO2. The summed E-state index contributed by atoms with van der Waals surface area (Å²) < 4.78 is 5.91. The van der Waals surface area contributed by atoms with Crippen LogP contribution in [0.3, 0.4) is 0 Å². The van der Waals surface area contributed by atoms with Crippen LogP contribution in [0.1, 0.15) is 12.5 Å². The van der Waals surface area contributed by atoms with Crippen LogP contribution in [0.5, 0.6) is 0 Å². The lowest BCUT2D eigenvalue weighted by Crippen LogP contribution is -3.00. The first kappa shape index (κ1) is 18.1. The quantitative estimate of drug-likeness (QED) is 0.275. The number of halogens is 1. The Labute approximate surface area is 132 Å². The molecule has 0 N–H and O–H groups in total. The maximum Gasteiger partial charge on any atom is 0.330 e. The van der Waals surface area contributed by atoms with E-state index in [1.54, 1.807) is 0 Å². The second kappa shape index (κ2) is 9.09. The van der Waals surface area contributed by atoms with Gasteiger partial charge in [0.25, 0.3) is 0 Å². The topological polar surface area (TPSA) is 26.3 Å². The van der Waals surface area contributed by atoms with Crippen molar-refractivity contribution in [3.63, 3.8) is 0 Å². The summed E-state index contributed by atoms with van der Waals surface area (Å²) in [6.45, 7) is 8.73. The number of nitrogens with zero attached hydrogens (tertiary/aromatic N) is 1. The van der Waals surface area contributed by atoms with Gasteiger partial charge in [-0.2, -0.15) is 0 Å². The molecule has 0 fully saturated rings. The van der Waals surface area contributed by atoms with Crippen LogP contribution in [-0.4, -0.2) is 37.2 Å². The summed E-state index contributed by atoms with van der Waals surface area (Å²) in [5.41, 5.74) is 1.30. The number of hydrogen-bond donors (Lipinski definition) is 0. The van der Waals surface area contributed by atoms with Crippen molar-refractivity contribution in [1.29, 1.82) is 0 Å². The van der Waals surface area contributed by atoms with Gasteiger partial charge in [-0.1, -0.05) is 36.9 Å². The zero-order chi connectivity index (χ0) is 13.4. The molecule has 0 aliphatic heterocycles. The Kier molecular flexibility index (Phi) is 8.67. The van der Waals surface area contributed by atoms with Gasteiger partial charge in [-0.05, 0) is 6.92 Å². The van der Waals surface area contributed by atoms with Crippen molar-refractivity contribution in [2.45, 2.75) is 13.5 Å². The number of benzene rings is 1. The molecular weight excluding hydrogens is 353 g/mol. The first-order valence-electron chi connectivity index (χ1n) is 6.26. The van der Waals surface area contributed by atoms with Crippen molar-refractivity contribution >= 4 is 5.97 Å². The summed E-state index contributed by atoms with van der Waals surface area (Å²) in [6, 6.07) is 10.4. The van der Waals surface area contributed by atoms with E-state index in [-0.39, 0.29) is 29.9 Å². The smallest absolute Gasteiger partial charge is 0.330 e. The molecule has 0 aromatic heterocycles. The van der Waals surface area contributed by atoms with E-state index in [9.17, 15) is 4.79 Å². The standard InChI is InChI=1S/C15H22NO2.HI/c1-4-15(17)18-12-11-16(3,5-2)13-14-9-7-6-8-10-14;/h4,6-10H,1,5,11-13H2,2-3H3;1H/q+1;/p-1. The molecule has 1 unspecified atom stereocenters. The van der Waals surface area contributed by atoms with Gasteiger partial charge >= 0.3 is 5.97 Å². The number of hydrogen-bond acceptors (Lipinski definition) is 2. The molecule has 0 aliphatic rings. The molecule has 0 bridgehead atoms. The van der Waals surface area contributed by atoms with Gasteiger partial charge in [0.15, 0.2) is 0 Å². The molecule has 0 heterocycles. The Morgan fingerprint density at radius 3 is 2.53 bits per heavy atom. The maximum absolute atomic E-state index is 11.0. The molecule has 0 aliphatic carbocycles. The SMILES string of the molecule is C=CC(=O)OCC[N+](C)(CC)Cc1ccccc1.[I-]. The van der Waals surface area contributed by atoms with Crippen LogP contribution in [0.25, 0.3) is 0 Å². The molecule has 1 aromatic rings. The van der Waals surface area contributed by atoms with Crippen LogP contribution in [0.4, 0.5) is 0 Å². The average molecular weight is 375 g/mol. The predicted octanol–water partition coefficient (Wildman–Crippen LogP) is -0.614. The second-order valence-electron chi connectivity index (χ2n) is 4.67. The van der Waals surface area contributed by atoms with E-state index in [4.69, 9.17) is 4.74 Å². The molecule has 3 nitrogen and oxygen atoms in total. The third-order valence-corrected chi connectivity index (χ3v) is 3.21.